The smallest absolute Gasteiger partial charge is 0.251 e. The van der Waals surface area contributed by atoms with E-state index >= 15 is 0 Å². The fourth-order valence-corrected chi connectivity index (χ4v) is 2.44. The number of likely N-dealkylation sites (tertiary alicyclic amines) is 1. The molecule has 2 rings (SSSR count). The fraction of sp³-hybridized carbons (Fsp3) is 0.643. The van der Waals surface area contributed by atoms with Crippen molar-refractivity contribution in [3.63, 3.8) is 0 Å². The summed E-state index contributed by atoms with van der Waals surface area (Å²) in [5, 5.41) is 13.8. The number of hydrogen-bond donors (Lipinski definition) is 1. The van der Waals surface area contributed by atoms with E-state index in [1.807, 2.05) is 13.2 Å². The Morgan fingerprint density at radius 3 is 2.95 bits per heavy atom. The number of likely N-dealkylation sites (N-methyl/N-ethyl adjacent to an activating group) is 1. The van der Waals surface area contributed by atoms with E-state index in [9.17, 15) is 14.7 Å². The lowest BCUT2D eigenvalue weighted by Gasteiger charge is -2.24. The van der Waals surface area contributed by atoms with Crippen molar-refractivity contribution >= 4 is 11.8 Å². The lowest BCUT2D eigenvalue weighted by atomic mass is 10.2. The van der Waals surface area contributed by atoms with Crippen molar-refractivity contribution in [3.05, 3.63) is 18.0 Å². The first-order chi connectivity index (χ1) is 9.97. The minimum atomic E-state index is -0.969. The van der Waals surface area contributed by atoms with Gasteiger partial charge in [0.2, 0.25) is 5.91 Å². The summed E-state index contributed by atoms with van der Waals surface area (Å²) >= 11 is 0. The molecule has 2 heterocycles. The number of hydrogen-bond acceptors (Lipinski definition) is 4. The van der Waals surface area contributed by atoms with Crippen LogP contribution in [0.25, 0.3) is 0 Å². The molecule has 1 aliphatic heterocycles. The van der Waals surface area contributed by atoms with Gasteiger partial charge < -0.3 is 14.9 Å². The molecular formula is C14H22N4O3. The zero-order chi connectivity index (χ0) is 15.4. The van der Waals surface area contributed by atoms with Gasteiger partial charge in [0, 0.05) is 38.9 Å². The van der Waals surface area contributed by atoms with Gasteiger partial charge in [0.1, 0.15) is 6.10 Å². The van der Waals surface area contributed by atoms with Gasteiger partial charge >= 0.3 is 0 Å². The minimum absolute atomic E-state index is 0.0205. The molecule has 21 heavy (non-hydrogen) atoms. The maximum atomic E-state index is 12.2. The second-order valence-corrected chi connectivity index (χ2v) is 5.54. The second-order valence-electron chi connectivity index (χ2n) is 5.54. The summed E-state index contributed by atoms with van der Waals surface area (Å²) in [5.74, 6) is -0.475. The van der Waals surface area contributed by atoms with Gasteiger partial charge in [-0.1, -0.05) is 0 Å². The molecule has 1 atom stereocenters. The lowest BCUT2D eigenvalue weighted by molar-refractivity contribution is -0.145. The summed E-state index contributed by atoms with van der Waals surface area (Å²) in [6.45, 7) is 1.01. The monoisotopic (exact) mass is 294 g/mol. The number of nitrogens with zero attached hydrogens (tertiary/aromatic N) is 4. The van der Waals surface area contributed by atoms with Gasteiger partial charge in [0.25, 0.3) is 5.91 Å². The van der Waals surface area contributed by atoms with Crippen LogP contribution >= 0.6 is 0 Å². The quantitative estimate of drug-likeness (QED) is 0.831. The third-order valence-corrected chi connectivity index (χ3v) is 3.68. The number of aliphatic hydroxyl groups excluding tert-OH is 1. The minimum Gasteiger partial charge on any atom is -0.383 e. The van der Waals surface area contributed by atoms with Crippen molar-refractivity contribution in [1.82, 2.24) is 19.6 Å². The molecule has 0 radical (unpaired) electrons. The molecule has 0 bridgehead atoms. The number of aromatic nitrogens is 2. The second kappa shape index (κ2) is 6.71. The lowest BCUT2D eigenvalue weighted by Crippen LogP contribution is -2.44. The van der Waals surface area contributed by atoms with Crippen LogP contribution in [0.4, 0.5) is 0 Å². The van der Waals surface area contributed by atoms with Crippen LogP contribution in [-0.4, -0.2) is 62.7 Å². The molecule has 2 amide bonds. The van der Waals surface area contributed by atoms with Crippen LogP contribution in [0.3, 0.4) is 0 Å². The fourth-order valence-electron chi connectivity index (χ4n) is 2.44. The molecule has 0 saturated carbocycles. The van der Waals surface area contributed by atoms with Crippen LogP contribution < -0.4 is 0 Å². The molecular weight excluding hydrogens is 272 g/mol. The van der Waals surface area contributed by atoms with Crippen molar-refractivity contribution in [2.75, 3.05) is 20.1 Å². The number of aryl methyl sites for hydroxylation is 1. The Bertz CT molecular complexity index is 514. The predicted octanol–water partition coefficient (Wildman–Crippen LogP) is -0.248. The highest BCUT2D eigenvalue weighted by Gasteiger charge is 2.27. The van der Waals surface area contributed by atoms with Gasteiger partial charge in [-0.25, -0.2) is 0 Å². The first kappa shape index (κ1) is 15.5. The number of rotatable bonds is 4. The first-order valence-corrected chi connectivity index (χ1v) is 7.15. The Morgan fingerprint density at radius 2 is 2.29 bits per heavy atom. The maximum absolute atomic E-state index is 12.2. The van der Waals surface area contributed by atoms with Crippen molar-refractivity contribution < 1.29 is 14.7 Å². The Balaban J connectivity index is 1.91. The van der Waals surface area contributed by atoms with Crippen LogP contribution in [0.1, 0.15) is 24.8 Å². The number of carbonyl (C=O) groups excluding carboxylic acids is 2. The highest BCUT2D eigenvalue weighted by Crippen LogP contribution is 2.12. The van der Waals surface area contributed by atoms with Crippen LogP contribution in [0.5, 0.6) is 0 Å². The van der Waals surface area contributed by atoms with Crippen molar-refractivity contribution in [1.29, 1.82) is 0 Å². The average Bonchev–Trinajstić information content (AvgIpc) is 2.78. The van der Waals surface area contributed by atoms with Gasteiger partial charge in [0.15, 0.2) is 0 Å². The number of carbonyl (C=O) groups is 2. The van der Waals surface area contributed by atoms with Crippen molar-refractivity contribution in [2.24, 2.45) is 7.05 Å². The highest BCUT2D eigenvalue weighted by molar-refractivity contribution is 5.87. The molecule has 116 valence electrons. The molecule has 7 nitrogen and oxygen atoms in total. The zero-order valence-electron chi connectivity index (χ0n) is 12.5. The molecule has 1 aromatic rings. The van der Waals surface area contributed by atoms with E-state index in [-0.39, 0.29) is 18.4 Å². The molecule has 0 aromatic carbocycles. The molecule has 7 heteroatoms. The zero-order valence-corrected chi connectivity index (χ0v) is 12.5. The highest BCUT2D eigenvalue weighted by atomic mass is 16.3. The molecule has 1 aliphatic rings. The van der Waals surface area contributed by atoms with Gasteiger partial charge in [-0.2, -0.15) is 5.10 Å². The third kappa shape index (κ3) is 4.04. The number of amides is 2. The molecule has 0 spiro atoms. The molecule has 1 aromatic heterocycles. The molecule has 1 unspecified atom stereocenters. The average molecular weight is 294 g/mol. The van der Waals surface area contributed by atoms with Crippen LogP contribution in [0, 0.1) is 0 Å². The summed E-state index contributed by atoms with van der Waals surface area (Å²) in [4.78, 5) is 27.2. The molecule has 1 fully saturated rings. The summed E-state index contributed by atoms with van der Waals surface area (Å²) in [5.41, 5.74) is 0.940. The standard InChI is InChI=1S/C14H22N4O3/c1-16(8-11-7-15-17(2)9-11)13(20)10-18-6-4-3-5-12(19)14(18)21/h7,9,12,19H,3-6,8,10H2,1-2H3. The van der Waals surface area contributed by atoms with E-state index in [1.165, 1.54) is 4.90 Å². The van der Waals surface area contributed by atoms with Gasteiger partial charge in [0.05, 0.1) is 12.7 Å². The van der Waals surface area contributed by atoms with Crippen molar-refractivity contribution in [3.8, 4) is 0 Å². The summed E-state index contributed by atoms with van der Waals surface area (Å²) in [7, 11) is 3.52. The van der Waals surface area contributed by atoms with E-state index in [0.29, 0.717) is 19.5 Å². The van der Waals surface area contributed by atoms with E-state index in [4.69, 9.17) is 0 Å². The van der Waals surface area contributed by atoms with Crippen LogP contribution in [0.15, 0.2) is 12.4 Å². The van der Waals surface area contributed by atoms with Crippen molar-refractivity contribution in [2.45, 2.75) is 31.9 Å². The third-order valence-electron chi connectivity index (χ3n) is 3.68. The van der Waals surface area contributed by atoms with E-state index < -0.39 is 6.10 Å². The normalized spacial score (nSPS) is 19.5. The topological polar surface area (TPSA) is 78.7 Å². The largest absolute Gasteiger partial charge is 0.383 e. The van der Waals surface area contributed by atoms with E-state index in [0.717, 1.165) is 18.4 Å². The Morgan fingerprint density at radius 1 is 1.52 bits per heavy atom. The number of aliphatic hydroxyl groups is 1. The van der Waals surface area contributed by atoms with E-state index in [2.05, 4.69) is 5.10 Å². The first-order valence-electron chi connectivity index (χ1n) is 7.15. The van der Waals surface area contributed by atoms with Gasteiger partial charge in [-0.15, -0.1) is 0 Å². The van der Waals surface area contributed by atoms with Gasteiger partial charge in [-0.05, 0) is 19.3 Å². The summed E-state index contributed by atoms with van der Waals surface area (Å²) < 4.78 is 1.68. The Kier molecular flexibility index (Phi) is 4.95. The molecule has 1 N–H and O–H groups in total. The van der Waals surface area contributed by atoms with Crippen LogP contribution in [0.2, 0.25) is 0 Å². The Hall–Kier alpha value is -1.89. The molecule has 1 saturated heterocycles. The maximum Gasteiger partial charge on any atom is 0.251 e. The van der Waals surface area contributed by atoms with E-state index in [1.54, 1.807) is 22.8 Å². The molecule has 0 aliphatic carbocycles. The summed E-state index contributed by atoms with van der Waals surface area (Å²) in [6, 6.07) is 0. The van der Waals surface area contributed by atoms with Crippen LogP contribution in [-0.2, 0) is 23.2 Å². The predicted molar refractivity (Wildman–Crippen MR) is 76.1 cm³/mol. The Labute approximate surface area is 124 Å². The van der Waals surface area contributed by atoms with Gasteiger partial charge in [-0.3, -0.25) is 14.3 Å². The SMILES string of the molecule is CN(Cc1cnn(C)c1)C(=O)CN1CCCCC(O)C1=O. The summed E-state index contributed by atoms with van der Waals surface area (Å²) in [6.07, 6.45) is 4.71.